The van der Waals surface area contributed by atoms with Crippen molar-refractivity contribution in [1.82, 2.24) is 10.3 Å². The van der Waals surface area contributed by atoms with E-state index < -0.39 is 5.54 Å². The van der Waals surface area contributed by atoms with Crippen LogP contribution in [0.5, 0.6) is 0 Å². The van der Waals surface area contributed by atoms with Crippen LogP contribution >= 0.6 is 11.3 Å². The summed E-state index contributed by atoms with van der Waals surface area (Å²) in [6.07, 6.45) is 0.626. The van der Waals surface area contributed by atoms with Crippen LogP contribution in [0.3, 0.4) is 0 Å². The molecular weight excluding hydrogens is 210 g/mol. The molecule has 1 rings (SSSR count). The highest BCUT2D eigenvalue weighted by Crippen LogP contribution is 2.12. The highest BCUT2D eigenvalue weighted by atomic mass is 32.1. The van der Waals surface area contributed by atoms with Gasteiger partial charge in [-0.25, -0.2) is 4.98 Å². The number of carbonyl (C=O) groups is 1. The average molecular weight is 227 g/mol. The lowest BCUT2D eigenvalue weighted by Crippen LogP contribution is -2.50. The molecule has 1 heterocycles. The normalized spacial score (nSPS) is 14.7. The van der Waals surface area contributed by atoms with E-state index in [4.69, 9.17) is 5.73 Å². The van der Waals surface area contributed by atoms with Crippen LogP contribution in [0.2, 0.25) is 0 Å². The van der Waals surface area contributed by atoms with Crippen LogP contribution in [-0.4, -0.2) is 16.4 Å². The van der Waals surface area contributed by atoms with E-state index in [-0.39, 0.29) is 5.91 Å². The van der Waals surface area contributed by atoms with Gasteiger partial charge in [-0.3, -0.25) is 4.79 Å². The van der Waals surface area contributed by atoms with Crippen molar-refractivity contribution in [3.63, 3.8) is 0 Å². The fraction of sp³-hybridized carbons (Fsp3) is 0.600. The van der Waals surface area contributed by atoms with Crippen LogP contribution in [0.1, 0.15) is 30.8 Å². The first-order valence-corrected chi connectivity index (χ1v) is 5.81. The van der Waals surface area contributed by atoms with Crippen molar-refractivity contribution >= 4 is 17.2 Å². The Bertz CT molecular complexity index is 346. The summed E-state index contributed by atoms with van der Waals surface area (Å²) in [6.45, 7) is 6.08. The molecular formula is C10H17N3OS. The van der Waals surface area contributed by atoms with Crippen LogP contribution < -0.4 is 11.1 Å². The van der Waals surface area contributed by atoms with Crippen molar-refractivity contribution in [1.29, 1.82) is 0 Å². The minimum atomic E-state index is -0.779. The van der Waals surface area contributed by atoms with Crippen LogP contribution in [0.15, 0.2) is 5.51 Å². The number of aromatic nitrogens is 1. The Balaban J connectivity index is 2.52. The van der Waals surface area contributed by atoms with E-state index in [0.29, 0.717) is 13.0 Å². The molecule has 0 aromatic carbocycles. The van der Waals surface area contributed by atoms with Crippen molar-refractivity contribution in [2.24, 2.45) is 5.73 Å². The topological polar surface area (TPSA) is 68.0 Å². The second-order valence-electron chi connectivity index (χ2n) is 3.81. The Morgan fingerprint density at radius 1 is 1.73 bits per heavy atom. The first-order valence-electron chi connectivity index (χ1n) is 4.93. The van der Waals surface area contributed by atoms with Crippen molar-refractivity contribution in [3.8, 4) is 0 Å². The third kappa shape index (κ3) is 3.00. The highest BCUT2D eigenvalue weighted by molar-refractivity contribution is 7.09. The quantitative estimate of drug-likeness (QED) is 0.812. The van der Waals surface area contributed by atoms with E-state index >= 15 is 0 Å². The second-order valence-corrected chi connectivity index (χ2v) is 4.75. The van der Waals surface area contributed by atoms with Gasteiger partial charge in [-0.15, -0.1) is 11.3 Å². The smallest absolute Gasteiger partial charge is 0.240 e. The average Bonchev–Trinajstić information content (AvgIpc) is 2.60. The number of rotatable bonds is 4. The summed E-state index contributed by atoms with van der Waals surface area (Å²) in [7, 11) is 0. The largest absolute Gasteiger partial charge is 0.350 e. The van der Waals surface area contributed by atoms with Crippen LogP contribution in [-0.2, 0) is 11.3 Å². The van der Waals surface area contributed by atoms with Gasteiger partial charge in [-0.1, -0.05) is 6.92 Å². The fourth-order valence-electron chi connectivity index (χ4n) is 1.02. The molecule has 5 heteroatoms. The van der Waals surface area contributed by atoms with Crippen LogP contribution in [0.25, 0.3) is 0 Å². The van der Waals surface area contributed by atoms with E-state index in [1.807, 2.05) is 13.8 Å². The van der Waals surface area contributed by atoms with E-state index in [2.05, 4.69) is 10.3 Å². The molecule has 1 amide bonds. The number of nitrogens with one attached hydrogen (secondary N) is 1. The zero-order chi connectivity index (χ0) is 11.5. The maximum absolute atomic E-state index is 11.7. The lowest BCUT2D eigenvalue weighted by atomic mass is 10.00. The summed E-state index contributed by atoms with van der Waals surface area (Å²) in [5.74, 6) is -0.113. The number of hydrogen-bond donors (Lipinski definition) is 2. The number of nitrogens with zero attached hydrogens (tertiary/aromatic N) is 1. The third-order valence-corrected chi connectivity index (χ3v) is 3.44. The van der Waals surface area contributed by atoms with Gasteiger partial charge in [0.15, 0.2) is 0 Å². The molecule has 3 N–H and O–H groups in total. The minimum Gasteiger partial charge on any atom is -0.350 e. The summed E-state index contributed by atoms with van der Waals surface area (Å²) >= 11 is 1.54. The molecule has 0 aliphatic heterocycles. The van der Waals surface area contributed by atoms with Gasteiger partial charge in [0.2, 0.25) is 5.91 Å². The van der Waals surface area contributed by atoms with Gasteiger partial charge in [0.1, 0.15) is 0 Å². The van der Waals surface area contributed by atoms with Gasteiger partial charge >= 0.3 is 0 Å². The first kappa shape index (κ1) is 12.1. The molecule has 0 fully saturated rings. The maximum Gasteiger partial charge on any atom is 0.240 e. The van der Waals surface area contributed by atoms with E-state index in [1.54, 1.807) is 23.8 Å². The zero-order valence-corrected chi connectivity index (χ0v) is 10.1. The van der Waals surface area contributed by atoms with E-state index in [1.165, 1.54) is 0 Å². The Morgan fingerprint density at radius 3 is 2.87 bits per heavy atom. The van der Waals surface area contributed by atoms with E-state index in [0.717, 1.165) is 10.6 Å². The van der Waals surface area contributed by atoms with Gasteiger partial charge < -0.3 is 11.1 Å². The molecule has 0 bridgehead atoms. The molecule has 0 radical (unpaired) electrons. The summed E-state index contributed by atoms with van der Waals surface area (Å²) in [6, 6.07) is 0. The van der Waals surface area contributed by atoms with Gasteiger partial charge in [0.25, 0.3) is 0 Å². The van der Waals surface area contributed by atoms with Crippen molar-refractivity contribution in [2.45, 2.75) is 39.3 Å². The highest BCUT2D eigenvalue weighted by Gasteiger charge is 2.25. The molecule has 1 unspecified atom stereocenters. The summed E-state index contributed by atoms with van der Waals surface area (Å²) < 4.78 is 0. The van der Waals surface area contributed by atoms with E-state index in [9.17, 15) is 4.79 Å². The Morgan fingerprint density at radius 2 is 2.40 bits per heavy atom. The van der Waals surface area contributed by atoms with Gasteiger partial charge in [0.05, 0.1) is 23.3 Å². The van der Waals surface area contributed by atoms with Crippen LogP contribution in [0.4, 0.5) is 0 Å². The predicted octanol–water partition coefficient (Wildman–Crippen LogP) is 1.20. The number of thiazole rings is 1. The van der Waals surface area contributed by atoms with Crippen molar-refractivity contribution in [3.05, 3.63) is 16.1 Å². The molecule has 1 atom stereocenters. The monoisotopic (exact) mass is 227 g/mol. The number of aryl methyl sites for hydroxylation is 1. The maximum atomic E-state index is 11.7. The van der Waals surface area contributed by atoms with Crippen molar-refractivity contribution < 1.29 is 4.79 Å². The predicted molar refractivity (Wildman–Crippen MR) is 61.6 cm³/mol. The summed E-state index contributed by atoms with van der Waals surface area (Å²) in [5.41, 5.74) is 7.78. The van der Waals surface area contributed by atoms with Gasteiger partial charge in [-0.2, -0.15) is 0 Å². The molecule has 0 saturated heterocycles. The molecule has 1 aromatic heterocycles. The van der Waals surface area contributed by atoms with Crippen LogP contribution in [0, 0.1) is 6.92 Å². The molecule has 0 saturated carbocycles. The first-order chi connectivity index (χ1) is 6.97. The SMILES string of the molecule is CCC(C)(N)C(=O)NCc1scnc1C. The molecule has 4 nitrogen and oxygen atoms in total. The number of carbonyl (C=O) groups excluding carboxylic acids is 1. The number of hydrogen-bond acceptors (Lipinski definition) is 4. The molecule has 0 aliphatic rings. The lowest BCUT2D eigenvalue weighted by Gasteiger charge is -2.21. The Labute approximate surface area is 93.9 Å². The van der Waals surface area contributed by atoms with Crippen molar-refractivity contribution in [2.75, 3.05) is 0 Å². The van der Waals surface area contributed by atoms with Gasteiger partial charge in [-0.05, 0) is 20.3 Å². The number of nitrogens with two attached hydrogens (primary N) is 1. The molecule has 15 heavy (non-hydrogen) atoms. The second kappa shape index (κ2) is 4.72. The van der Waals surface area contributed by atoms with Gasteiger partial charge in [0, 0.05) is 4.88 Å². The standard InChI is InChI=1S/C10H17N3OS/c1-4-10(3,11)9(14)12-5-8-7(2)13-6-15-8/h6H,4-5,11H2,1-3H3,(H,12,14). The number of amides is 1. The fourth-order valence-corrected chi connectivity index (χ4v) is 1.74. The Kier molecular flexibility index (Phi) is 3.82. The third-order valence-electron chi connectivity index (χ3n) is 2.51. The molecule has 0 spiro atoms. The lowest BCUT2D eigenvalue weighted by molar-refractivity contribution is -0.126. The minimum absolute atomic E-state index is 0.113. The zero-order valence-electron chi connectivity index (χ0n) is 9.33. The Hall–Kier alpha value is -0.940. The molecule has 0 aliphatic carbocycles. The molecule has 1 aromatic rings. The molecule has 84 valence electrons. The summed E-state index contributed by atoms with van der Waals surface area (Å²) in [5, 5.41) is 2.82. The summed E-state index contributed by atoms with van der Waals surface area (Å²) in [4.78, 5) is 16.8.